The van der Waals surface area contributed by atoms with Crippen LogP contribution in [0.25, 0.3) is 16.9 Å². The van der Waals surface area contributed by atoms with E-state index in [4.69, 9.17) is 4.98 Å². The Kier molecular flexibility index (Phi) is 2.25. The van der Waals surface area contributed by atoms with Crippen LogP contribution in [-0.4, -0.2) is 9.38 Å². The SMILES string of the molecule is Cc1ccc2nc(-c3ccc4c(c3)CCC4)cn2c1. The van der Waals surface area contributed by atoms with Crippen molar-refractivity contribution in [2.75, 3.05) is 0 Å². The van der Waals surface area contributed by atoms with Crippen LogP contribution in [-0.2, 0) is 12.8 Å². The number of pyridine rings is 1. The molecule has 2 aromatic heterocycles. The summed E-state index contributed by atoms with van der Waals surface area (Å²) in [6, 6.07) is 11.0. The third kappa shape index (κ3) is 1.75. The highest BCUT2D eigenvalue weighted by Crippen LogP contribution is 2.27. The van der Waals surface area contributed by atoms with Crippen molar-refractivity contribution < 1.29 is 0 Å². The number of imidazole rings is 1. The first kappa shape index (κ1) is 10.8. The van der Waals surface area contributed by atoms with Gasteiger partial charge < -0.3 is 4.40 Å². The summed E-state index contributed by atoms with van der Waals surface area (Å²) in [4.78, 5) is 4.71. The lowest BCUT2D eigenvalue weighted by molar-refractivity contribution is 0.912. The van der Waals surface area contributed by atoms with Crippen molar-refractivity contribution in [2.24, 2.45) is 0 Å². The van der Waals surface area contributed by atoms with E-state index in [9.17, 15) is 0 Å². The lowest BCUT2D eigenvalue weighted by atomic mass is 10.1. The van der Waals surface area contributed by atoms with Gasteiger partial charge in [-0.15, -0.1) is 0 Å². The van der Waals surface area contributed by atoms with Crippen molar-refractivity contribution >= 4 is 5.65 Å². The maximum atomic E-state index is 4.71. The molecule has 0 fully saturated rings. The van der Waals surface area contributed by atoms with Crippen molar-refractivity contribution in [2.45, 2.75) is 26.2 Å². The Morgan fingerprint density at radius 3 is 2.84 bits per heavy atom. The molecule has 0 radical (unpaired) electrons. The van der Waals surface area contributed by atoms with Gasteiger partial charge in [-0.2, -0.15) is 0 Å². The van der Waals surface area contributed by atoms with Crippen LogP contribution in [0.2, 0.25) is 0 Å². The van der Waals surface area contributed by atoms with Crippen molar-refractivity contribution in [3.63, 3.8) is 0 Å². The minimum atomic E-state index is 1.01. The Balaban J connectivity index is 1.85. The summed E-state index contributed by atoms with van der Waals surface area (Å²) in [5, 5.41) is 0. The summed E-state index contributed by atoms with van der Waals surface area (Å²) >= 11 is 0. The largest absolute Gasteiger partial charge is 0.306 e. The number of hydrogen-bond acceptors (Lipinski definition) is 1. The second kappa shape index (κ2) is 3.95. The first-order valence-electron chi connectivity index (χ1n) is 6.87. The summed E-state index contributed by atoms with van der Waals surface area (Å²) in [6.45, 7) is 2.11. The van der Waals surface area contributed by atoms with E-state index in [1.807, 2.05) is 0 Å². The molecule has 2 heterocycles. The van der Waals surface area contributed by atoms with E-state index in [2.05, 4.69) is 54.0 Å². The van der Waals surface area contributed by atoms with E-state index in [1.54, 1.807) is 0 Å². The fraction of sp³-hybridized carbons (Fsp3) is 0.235. The van der Waals surface area contributed by atoms with Gasteiger partial charge in [0.05, 0.1) is 5.69 Å². The van der Waals surface area contributed by atoms with E-state index < -0.39 is 0 Å². The molecule has 0 aliphatic heterocycles. The molecule has 3 aromatic rings. The minimum Gasteiger partial charge on any atom is -0.306 e. The quantitative estimate of drug-likeness (QED) is 0.640. The fourth-order valence-corrected chi connectivity index (χ4v) is 2.97. The van der Waals surface area contributed by atoms with Gasteiger partial charge in [0, 0.05) is 18.0 Å². The van der Waals surface area contributed by atoms with Crippen LogP contribution in [0.4, 0.5) is 0 Å². The average Bonchev–Trinajstić information content (AvgIpc) is 3.02. The molecular weight excluding hydrogens is 232 g/mol. The van der Waals surface area contributed by atoms with Gasteiger partial charge in [0.25, 0.3) is 0 Å². The van der Waals surface area contributed by atoms with Crippen LogP contribution in [0.1, 0.15) is 23.1 Å². The Bertz CT molecular complexity index is 768. The maximum Gasteiger partial charge on any atom is 0.137 e. The van der Waals surface area contributed by atoms with Gasteiger partial charge in [-0.05, 0) is 55.0 Å². The Morgan fingerprint density at radius 1 is 1.00 bits per heavy atom. The topological polar surface area (TPSA) is 17.3 Å². The highest BCUT2D eigenvalue weighted by atomic mass is 15.0. The number of rotatable bonds is 1. The van der Waals surface area contributed by atoms with Crippen molar-refractivity contribution in [1.82, 2.24) is 9.38 Å². The molecule has 0 saturated heterocycles. The molecular formula is C17H16N2. The van der Waals surface area contributed by atoms with Crippen molar-refractivity contribution in [3.8, 4) is 11.3 Å². The van der Waals surface area contributed by atoms with Crippen LogP contribution >= 0.6 is 0 Å². The second-order valence-corrected chi connectivity index (χ2v) is 5.44. The molecule has 1 aliphatic rings. The molecule has 4 rings (SSSR count). The maximum absolute atomic E-state index is 4.71. The van der Waals surface area contributed by atoms with Crippen LogP contribution < -0.4 is 0 Å². The number of nitrogens with zero attached hydrogens (tertiary/aromatic N) is 2. The number of benzene rings is 1. The van der Waals surface area contributed by atoms with Gasteiger partial charge in [0.2, 0.25) is 0 Å². The van der Waals surface area contributed by atoms with E-state index in [1.165, 1.54) is 41.5 Å². The number of aryl methyl sites for hydroxylation is 3. The zero-order valence-corrected chi connectivity index (χ0v) is 11.1. The number of fused-ring (bicyclic) bond motifs is 2. The predicted molar refractivity (Wildman–Crippen MR) is 77.4 cm³/mol. The van der Waals surface area contributed by atoms with Gasteiger partial charge in [0.15, 0.2) is 0 Å². The highest BCUT2D eigenvalue weighted by molar-refractivity contribution is 5.64. The van der Waals surface area contributed by atoms with Crippen LogP contribution in [0.3, 0.4) is 0 Å². The number of hydrogen-bond donors (Lipinski definition) is 0. The zero-order valence-electron chi connectivity index (χ0n) is 11.1. The zero-order chi connectivity index (χ0) is 12.8. The predicted octanol–water partition coefficient (Wildman–Crippen LogP) is 3.80. The van der Waals surface area contributed by atoms with Crippen LogP contribution in [0, 0.1) is 6.92 Å². The van der Waals surface area contributed by atoms with E-state index in [-0.39, 0.29) is 0 Å². The summed E-state index contributed by atoms with van der Waals surface area (Å²) in [5.74, 6) is 0. The molecule has 19 heavy (non-hydrogen) atoms. The van der Waals surface area contributed by atoms with Crippen molar-refractivity contribution in [3.05, 3.63) is 59.4 Å². The van der Waals surface area contributed by atoms with Gasteiger partial charge in [-0.1, -0.05) is 18.2 Å². The third-order valence-corrected chi connectivity index (χ3v) is 3.99. The monoisotopic (exact) mass is 248 g/mol. The van der Waals surface area contributed by atoms with Crippen molar-refractivity contribution in [1.29, 1.82) is 0 Å². The van der Waals surface area contributed by atoms with E-state index in [0.717, 1.165) is 11.3 Å². The third-order valence-electron chi connectivity index (χ3n) is 3.99. The molecule has 0 saturated carbocycles. The molecule has 2 nitrogen and oxygen atoms in total. The molecule has 0 atom stereocenters. The molecule has 0 spiro atoms. The smallest absolute Gasteiger partial charge is 0.137 e. The summed E-state index contributed by atoms with van der Waals surface area (Å²) in [5.41, 5.74) is 7.60. The van der Waals surface area contributed by atoms with Crippen LogP contribution in [0.15, 0.2) is 42.7 Å². The Labute approximate surface area is 112 Å². The number of aromatic nitrogens is 2. The van der Waals surface area contributed by atoms with Gasteiger partial charge in [-0.25, -0.2) is 4.98 Å². The fourth-order valence-electron chi connectivity index (χ4n) is 2.97. The van der Waals surface area contributed by atoms with Gasteiger partial charge in [-0.3, -0.25) is 0 Å². The first-order chi connectivity index (χ1) is 9.29. The summed E-state index contributed by atoms with van der Waals surface area (Å²) in [6.07, 6.45) is 8.00. The molecule has 2 heteroatoms. The summed E-state index contributed by atoms with van der Waals surface area (Å²) < 4.78 is 2.11. The molecule has 0 unspecified atom stereocenters. The average molecular weight is 248 g/mol. The summed E-state index contributed by atoms with van der Waals surface area (Å²) in [7, 11) is 0. The lowest BCUT2D eigenvalue weighted by Crippen LogP contribution is -1.84. The molecule has 94 valence electrons. The standard InChI is InChI=1S/C17H16N2/c1-12-5-8-17-18-16(11-19(17)10-12)15-7-6-13-3-2-4-14(13)9-15/h5-11H,2-4H2,1H3. The second-order valence-electron chi connectivity index (χ2n) is 5.44. The van der Waals surface area contributed by atoms with Gasteiger partial charge >= 0.3 is 0 Å². The molecule has 0 bridgehead atoms. The normalized spacial score (nSPS) is 13.9. The van der Waals surface area contributed by atoms with Crippen LogP contribution in [0.5, 0.6) is 0 Å². The first-order valence-corrected chi connectivity index (χ1v) is 6.87. The molecule has 0 amide bonds. The Hall–Kier alpha value is -2.09. The molecule has 1 aromatic carbocycles. The molecule has 0 N–H and O–H groups in total. The van der Waals surface area contributed by atoms with E-state index in [0.29, 0.717) is 0 Å². The van der Waals surface area contributed by atoms with Gasteiger partial charge in [0.1, 0.15) is 5.65 Å². The highest BCUT2D eigenvalue weighted by Gasteiger charge is 2.12. The Morgan fingerprint density at radius 2 is 1.89 bits per heavy atom. The lowest BCUT2D eigenvalue weighted by Gasteiger charge is -2.01. The minimum absolute atomic E-state index is 1.01. The van der Waals surface area contributed by atoms with E-state index >= 15 is 0 Å². The molecule has 1 aliphatic carbocycles.